The number of nitrogens with one attached hydrogen (secondary N) is 2. The number of rotatable bonds is 4. The van der Waals surface area contributed by atoms with Crippen LogP contribution in [-0.4, -0.2) is 18.4 Å². The van der Waals surface area contributed by atoms with E-state index in [0.717, 1.165) is 37.8 Å². The molecule has 0 unspecified atom stereocenters. The second-order valence-electron chi connectivity index (χ2n) is 6.58. The van der Waals surface area contributed by atoms with Crippen LogP contribution < -0.4 is 10.6 Å². The predicted octanol–water partition coefficient (Wildman–Crippen LogP) is 3.98. The molecule has 0 spiro atoms. The van der Waals surface area contributed by atoms with Crippen LogP contribution in [0, 0.1) is 11.6 Å². The summed E-state index contributed by atoms with van der Waals surface area (Å²) in [5, 5.41) is 6.89. The standard InChI is InChI=1S/C19H20F2N2O2S/c20-13-6-7-15(14(21)11-13)23-18(25)17(24)22-12-19(8-2-1-3-9-19)16-5-4-10-26-16/h4-7,10-11H,1-3,8-9,12H2,(H,22,24)(H,23,25). The Labute approximate surface area is 154 Å². The van der Waals surface area contributed by atoms with Crippen LogP contribution in [0.4, 0.5) is 14.5 Å². The molecular formula is C19H20F2N2O2S. The van der Waals surface area contributed by atoms with Crippen LogP contribution >= 0.6 is 11.3 Å². The third kappa shape index (κ3) is 4.09. The van der Waals surface area contributed by atoms with Crippen LogP contribution in [0.1, 0.15) is 37.0 Å². The summed E-state index contributed by atoms with van der Waals surface area (Å²) < 4.78 is 26.5. The lowest BCUT2D eigenvalue weighted by atomic mass is 9.73. The normalized spacial score (nSPS) is 16.1. The largest absolute Gasteiger partial charge is 0.347 e. The van der Waals surface area contributed by atoms with E-state index in [9.17, 15) is 18.4 Å². The van der Waals surface area contributed by atoms with Crippen LogP contribution in [0.5, 0.6) is 0 Å². The maximum absolute atomic E-state index is 13.6. The number of halogens is 2. The van der Waals surface area contributed by atoms with E-state index < -0.39 is 23.4 Å². The molecule has 2 aromatic rings. The molecule has 1 aliphatic carbocycles. The second kappa shape index (κ2) is 7.95. The van der Waals surface area contributed by atoms with Gasteiger partial charge in [0.25, 0.3) is 0 Å². The molecule has 7 heteroatoms. The van der Waals surface area contributed by atoms with Gasteiger partial charge in [-0.25, -0.2) is 8.78 Å². The number of carbonyl (C=O) groups excluding carboxylic acids is 2. The second-order valence-corrected chi connectivity index (χ2v) is 7.53. The molecule has 1 saturated carbocycles. The molecule has 138 valence electrons. The maximum atomic E-state index is 13.6. The highest BCUT2D eigenvalue weighted by Gasteiger charge is 2.35. The number of hydrogen-bond acceptors (Lipinski definition) is 3. The lowest BCUT2D eigenvalue weighted by Crippen LogP contribution is -2.45. The molecular weight excluding hydrogens is 358 g/mol. The zero-order chi connectivity index (χ0) is 18.6. The van der Waals surface area contributed by atoms with Crippen molar-refractivity contribution in [3.63, 3.8) is 0 Å². The molecule has 1 fully saturated rings. The summed E-state index contributed by atoms with van der Waals surface area (Å²) in [6.45, 7) is 0.367. The highest BCUT2D eigenvalue weighted by molar-refractivity contribution is 7.10. The van der Waals surface area contributed by atoms with E-state index in [1.54, 1.807) is 11.3 Å². The SMILES string of the molecule is O=C(NCC1(c2cccs2)CCCCC1)C(=O)Nc1ccc(F)cc1F. The van der Waals surface area contributed by atoms with Gasteiger partial charge in [0.1, 0.15) is 11.6 Å². The van der Waals surface area contributed by atoms with Crippen molar-refractivity contribution in [2.75, 3.05) is 11.9 Å². The van der Waals surface area contributed by atoms with Crippen molar-refractivity contribution in [2.24, 2.45) is 0 Å². The van der Waals surface area contributed by atoms with Gasteiger partial charge < -0.3 is 10.6 Å². The molecule has 1 aromatic heterocycles. The fourth-order valence-corrected chi connectivity index (χ4v) is 4.41. The minimum absolute atomic E-state index is 0.149. The average molecular weight is 378 g/mol. The summed E-state index contributed by atoms with van der Waals surface area (Å²) in [6, 6.07) is 6.81. The van der Waals surface area contributed by atoms with Gasteiger partial charge >= 0.3 is 11.8 Å². The van der Waals surface area contributed by atoms with Gasteiger partial charge in [-0.1, -0.05) is 25.3 Å². The van der Waals surface area contributed by atoms with Crippen LogP contribution in [0.15, 0.2) is 35.7 Å². The number of anilines is 1. The van der Waals surface area contributed by atoms with E-state index in [0.29, 0.717) is 12.6 Å². The van der Waals surface area contributed by atoms with Crippen LogP contribution in [0.3, 0.4) is 0 Å². The van der Waals surface area contributed by atoms with Gasteiger partial charge in [-0.2, -0.15) is 0 Å². The van der Waals surface area contributed by atoms with E-state index >= 15 is 0 Å². The minimum atomic E-state index is -0.965. The minimum Gasteiger partial charge on any atom is -0.347 e. The molecule has 1 aliphatic rings. The fourth-order valence-electron chi connectivity index (χ4n) is 3.42. The molecule has 0 saturated heterocycles. The zero-order valence-corrected chi connectivity index (χ0v) is 15.0. The van der Waals surface area contributed by atoms with Crippen LogP contribution in [0.2, 0.25) is 0 Å². The van der Waals surface area contributed by atoms with Crippen LogP contribution in [0.25, 0.3) is 0 Å². The molecule has 0 radical (unpaired) electrons. The third-order valence-corrected chi connectivity index (χ3v) is 5.94. The lowest BCUT2D eigenvalue weighted by Gasteiger charge is -2.36. The predicted molar refractivity (Wildman–Crippen MR) is 97.1 cm³/mol. The number of amides is 2. The maximum Gasteiger partial charge on any atom is 0.313 e. The van der Waals surface area contributed by atoms with Crippen molar-refractivity contribution in [1.82, 2.24) is 5.32 Å². The lowest BCUT2D eigenvalue weighted by molar-refractivity contribution is -0.136. The first kappa shape index (κ1) is 18.5. The van der Waals surface area contributed by atoms with E-state index in [1.807, 2.05) is 11.4 Å². The molecule has 3 rings (SSSR count). The van der Waals surface area contributed by atoms with Gasteiger partial charge in [0.2, 0.25) is 0 Å². The number of hydrogen-bond donors (Lipinski definition) is 2. The Kier molecular flexibility index (Phi) is 5.66. The number of benzene rings is 1. The smallest absolute Gasteiger partial charge is 0.313 e. The van der Waals surface area contributed by atoms with Gasteiger partial charge in [0.05, 0.1) is 5.69 Å². The molecule has 4 nitrogen and oxygen atoms in total. The fraction of sp³-hybridized carbons (Fsp3) is 0.368. The van der Waals surface area contributed by atoms with Crippen molar-refractivity contribution in [3.05, 3.63) is 52.2 Å². The molecule has 2 N–H and O–H groups in total. The first-order valence-electron chi connectivity index (χ1n) is 8.58. The number of carbonyl (C=O) groups is 2. The molecule has 26 heavy (non-hydrogen) atoms. The quantitative estimate of drug-likeness (QED) is 0.791. The first-order valence-corrected chi connectivity index (χ1v) is 9.46. The Hall–Kier alpha value is -2.28. The van der Waals surface area contributed by atoms with Crippen molar-refractivity contribution >= 4 is 28.8 Å². The molecule has 1 heterocycles. The number of thiophene rings is 1. The van der Waals surface area contributed by atoms with Gasteiger partial charge in [-0.3, -0.25) is 9.59 Å². The highest BCUT2D eigenvalue weighted by Crippen LogP contribution is 2.41. The Morgan fingerprint density at radius 3 is 2.50 bits per heavy atom. The molecule has 2 amide bonds. The third-order valence-electron chi connectivity index (χ3n) is 4.83. The first-order chi connectivity index (χ1) is 12.5. The summed E-state index contributed by atoms with van der Waals surface area (Å²) in [5.41, 5.74) is -0.374. The zero-order valence-electron chi connectivity index (χ0n) is 14.2. The van der Waals surface area contributed by atoms with Crippen molar-refractivity contribution in [3.8, 4) is 0 Å². The summed E-state index contributed by atoms with van der Waals surface area (Å²) >= 11 is 1.66. The van der Waals surface area contributed by atoms with Gasteiger partial charge in [0.15, 0.2) is 0 Å². The Morgan fingerprint density at radius 1 is 1.08 bits per heavy atom. The topological polar surface area (TPSA) is 58.2 Å². The molecule has 0 bridgehead atoms. The van der Waals surface area contributed by atoms with Gasteiger partial charge in [0, 0.05) is 22.9 Å². The van der Waals surface area contributed by atoms with Crippen LogP contribution in [-0.2, 0) is 15.0 Å². The summed E-state index contributed by atoms with van der Waals surface area (Å²) in [5.74, 6) is -3.46. The summed E-state index contributed by atoms with van der Waals surface area (Å²) in [4.78, 5) is 25.4. The summed E-state index contributed by atoms with van der Waals surface area (Å²) in [7, 11) is 0. The van der Waals surface area contributed by atoms with E-state index in [1.165, 1.54) is 11.3 Å². The van der Waals surface area contributed by atoms with Gasteiger partial charge in [-0.15, -0.1) is 11.3 Å². The monoisotopic (exact) mass is 378 g/mol. The highest BCUT2D eigenvalue weighted by atomic mass is 32.1. The molecule has 1 aromatic carbocycles. The van der Waals surface area contributed by atoms with E-state index in [2.05, 4.69) is 16.7 Å². The van der Waals surface area contributed by atoms with Crippen molar-refractivity contribution in [2.45, 2.75) is 37.5 Å². The van der Waals surface area contributed by atoms with Gasteiger partial charge in [-0.05, 0) is 36.4 Å². The average Bonchev–Trinajstić information content (AvgIpc) is 3.18. The van der Waals surface area contributed by atoms with Crippen molar-refractivity contribution < 1.29 is 18.4 Å². The molecule has 0 atom stereocenters. The van der Waals surface area contributed by atoms with E-state index in [-0.39, 0.29) is 11.1 Å². The Bertz CT molecular complexity index is 787. The Balaban J connectivity index is 1.64. The van der Waals surface area contributed by atoms with E-state index in [4.69, 9.17) is 0 Å². The molecule has 0 aliphatic heterocycles. The summed E-state index contributed by atoms with van der Waals surface area (Å²) in [6.07, 6.45) is 5.26. The Morgan fingerprint density at radius 2 is 1.85 bits per heavy atom. The van der Waals surface area contributed by atoms with Crippen molar-refractivity contribution in [1.29, 1.82) is 0 Å².